The Kier molecular flexibility index (Phi) is 8.05. The molecule has 3 atom stereocenters. The lowest BCUT2D eigenvalue weighted by Crippen LogP contribution is -2.51. The summed E-state index contributed by atoms with van der Waals surface area (Å²) in [6, 6.07) is 5.34. The number of aliphatic hydroxyl groups excluding tert-OH is 1. The van der Waals surface area contributed by atoms with Crippen LogP contribution in [0.15, 0.2) is 29.2 Å². The van der Waals surface area contributed by atoms with Gasteiger partial charge in [0.2, 0.25) is 20.0 Å². The number of hydrogen-bond donors (Lipinski definition) is 3. The molecule has 0 aromatic heterocycles. The number of hydrogen-bond acceptors (Lipinski definition) is 6. The Bertz CT molecular complexity index is 831. The highest BCUT2D eigenvalue weighted by molar-refractivity contribution is 7.89. The number of ether oxygens (including phenoxy) is 1. The van der Waals surface area contributed by atoms with Crippen LogP contribution in [-0.4, -0.2) is 59.1 Å². The van der Waals surface area contributed by atoms with Gasteiger partial charge in [-0.25, -0.2) is 26.3 Å². The number of benzene rings is 1. The summed E-state index contributed by atoms with van der Waals surface area (Å²) in [5.74, 6) is 0.00510. The first-order valence-electron chi connectivity index (χ1n) is 8.68. The van der Waals surface area contributed by atoms with Gasteiger partial charge in [-0.1, -0.05) is 17.7 Å². The third-order valence-corrected chi connectivity index (χ3v) is 7.50. The standard InChI is InChI=1S/C16H25ClN2O6S2/c1-2-26(21,22)18-9-8-13-6-7-15(16(11-20)25-13)19-27(23,24)14-5-3-4-12(17)10-14/h3-5,10,13,15-16,18-20H,2,6-9,11H2,1H3/t13-,15+,16-/m1/s1. The smallest absolute Gasteiger partial charge is 0.240 e. The Morgan fingerprint density at radius 2 is 2.00 bits per heavy atom. The molecular weight excluding hydrogens is 416 g/mol. The van der Waals surface area contributed by atoms with Gasteiger partial charge in [-0.2, -0.15) is 0 Å². The fourth-order valence-electron chi connectivity index (χ4n) is 2.86. The average molecular weight is 441 g/mol. The van der Waals surface area contributed by atoms with Gasteiger partial charge < -0.3 is 9.84 Å². The summed E-state index contributed by atoms with van der Waals surface area (Å²) in [5, 5.41) is 9.90. The van der Waals surface area contributed by atoms with Gasteiger partial charge in [-0.15, -0.1) is 0 Å². The van der Waals surface area contributed by atoms with Crippen molar-refractivity contribution in [2.24, 2.45) is 0 Å². The lowest BCUT2D eigenvalue weighted by atomic mass is 9.98. The number of halogens is 1. The molecule has 0 spiro atoms. The maximum atomic E-state index is 12.5. The molecule has 0 amide bonds. The fraction of sp³-hybridized carbons (Fsp3) is 0.625. The summed E-state index contributed by atoms with van der Waals surface area (Å²) in [5.41, 5.74) is 0. The van der Waals surface area contributed by atoms with Crippen LogP contribution in [-0.2, 0) is 24.8 Å². The zero-order valence-electron chi connectivity index (χ0n) is 15.0. The van der Waals surface area contributed by atoms with Crippen LogP contribution in [0, 0.1) is 0 Å². The zero-order chi connectivity index (χ0) is 20.1. The van der Waals surface area contributed by atoms with E-state index in [0.29, 0.717) is 24.3 Å². The van der Waals surface area contributed by atoms with Gasteiger partial charge >= 0.3 is 0 Å². The lowest BCUT2D eigenvalue weighted by Gasteiger charge is -2.36. The van der Waals surface area contributed by atoms with Crippen molar-refractivity contribution >= 4 is 31.6 Å². The fourth-order valence-corrected chi connectivity index (χ4v) is 5.09. The zero-order valence-corrected chi connectivity index (χ0v) is 17.4. The molecular formula is C16H25ClN2O6S2. The molecule has 0 saturated carbocycles. The predicted octanol–water partition coefficient (Wildman–Crippen LogP) is 0.856. The van der Waals surface area contributed by atoms with Crippen molar-refractivity contribution in [2.45, 2.75) is 49.3 Å². The van der Waals surface area contributed by atoms with E-state index < -0.39 is 32.2 Å². The molecule has 8 nitrogen and oxygen atoms in total. The van der Waals surface area contributed by atoms with Crippen molar-refractivity contribution in [1.29, 1.82) is 0 Å². The second-order valence-corrected chi connectivity index (χ2v) is 10.6. The van der Waals surface area contributed by atoms with Gasteiger partial charge in [-0.05, 0) is 44.4 Å². The van der Waals surface area contributed by atoms with E-state index in [1.54, 1.807) is 19.1 Å². The molecule has 27 heavy (non-hydrogen) atoms. The van der Waals surface area contributed by atoms with Gasteiger partial charge in [0.25, 0.3) is 0 Å². The molecule has 3 N–H and O–H groups in total. The lowest BCUT2D eigenvalue weighted by molar-refractivity contribution is -0.0869. The number of aliphatic hydroxyl groups is 1. The van der Waals surface area contributed by atoms with E-state index in [9.17, 15) is 21.9 Å². The van der Waals surface area contributed by atoms with Crippen LogP contribution in [0.4, 0.5) is 0 Å². The quantitative estimate of drug-likeness (QED) is 0.523. The third-order valence-electron chi connectivity index (χ3n) is 4.38. The van der Waals surface area contributed by atoms with Crippen molar-refractivity contribution in [1.82, 2.24) is 9.44 Å². The molecule has 1 fully saturated rings. The first-order valence-corrected chi connectivity index (χ1v) is 12.2. The largest absolute Gasteiger partial charge is 0.394 e. The van der Waals surface area contributed by atoms with Crippen molar-refractivity contribution in [3.63, 3.8) is 0 Å². The molecule has 1 aromatic rings. The Labute approximate surface area is 165 Å². The molecule has 154 valence electrons. The van der Waals surface area contributed by atoms with Crippen LogP contribution in [0.25, 0.3) is 0 Å². The molecule has 2 rings (SSSR count). The van der Waals surface area contributed by atoms with Crippen LogP contribution >= 0.6 is 11.6 Å². The van der Waals surface area contributed by atoms with Crippen LogP contribution in [0.1, 0.15) is 26.2 Å². The van der Waals surface area contributed by atoms with Gasteiger partial charge in [0.1, 0.15) is 0 Å². The van der Waals surface area contributed by atoms with E-state index >= 15 is 0 Å². The molecule has 1 saturated heterocycles. The Morgan fingerprint density at radius 3 is 2.63 bits per heavy atom. The average Bonchev–Trinajstić information content (AvgIpc) is 2.62. The number of rotatable bonds is 9. The Morgan fingerprint density at radius 1 is 1.26 bits per heavy atom. The van der Waals surface area contributed by atoms with Crippen molar-refractivity contribution in [2.75, 3.05) is 18.9 Å². The molecule has 1 aliphatic rings. The molecule has 1 aromatic carbocycles. The summed E-state index contributed by atoms with van der Waals surface area (Å²) in [7, 11) is -7.07. The molecule has 1 aliphatic heterocycles. The maximum Gasteiger partial charge on any atom is 0.240 e. The molecule has 11 heteroatoms. The molecule has 1 heterocycles. The monoisotopic (exact) mass is 440 g/mol. The normalized spacial score (nSPS) is 24.0. The van der Waals surface area contributed by atoms with Gasteiger partial charge in [0.15, 0.2) is 0 Å². The number of sulfonamides is 2. The van der Waals surface area contributed by atoms with E-state index in [0.717, 1.165) is 0 Å². The molecule has 0 bridgehead atoms. The second kappa shape index (κ2) is 9.64. The summed E-state index contributed by atoms with van der Waals surface area (Å²) < 4.78 is 58.8. The maximum absolute atomic E-state index is 12.5. The molecule has 0 aliphatic carbocycles. The third kappa shape index (κ3) is 6.67. The minimum absolute atomic E-state index is 0.00510. The van der Waals surface area contributed by atoms with E-state index in [1.165, 1.54) is 12.1 Å². The topological polar surface area (TPSA) is 122 Å². The van der Waals surface area contributed by atoms with Crippen molar-refractivity contribution < 1.29 is 26.7 Å². The van der Waals surface area contributed by atoms with E-state index in [-0.39, 0.29) is 29.9 Å². The van der Waals surface area contributed by atoms with Crippen LogP contribution in [0.2, 0.25) is 5.02 Å². The van der Waals surface area contributed by atoms with Crippen molar-refractivity contribution in [3.05, 3.63) is 29.3 Å². The molecule has 0 unspecified atom stereocenters. The van der Waals surface area contributed by atoms with E-state index in [1.807, 2.05) is 0 Å². The Hall–Kier alpha value is -0.750. The number of nitrogens with one attached hydrogen (secondary N) is 2. The predicted molar refractivity (Wildman–Crippen MR) is 103 cm³/mol. The Balaban J connectivity index is 1.95. The van der Waals surface area contributed by atoms with Gasteiger partial charge in [0, 0.05) is 11.6 Å². The van der Waals surface area contributed by atoms with E-state index in [4.69, 9.17) is 16.3 Å². The highest BCUT2D eigenvalue weighted by Crippen LogP contribution is 2.24. The summed E-state index contributed by atoms with van der Waals surface area (Å²) in [6.07, 6.45) is 0.501. The summed E-state index contributed by atoms with van der Waals surface area (Å²) >= 11 is 5.85. The van der Waals surface area contributed by atoms with Crippen molar-refractivity contribution in [3.8, 4) is 0 Å². The minimum Gasteiger partial charge on any atom is -0.394 e. The van der Waals surface area contributed by atoms with Gasteiger partial charge in [-0.3, -0.25) is 0 Å². The molecule has 0 radical (unpaired) electrons. The van der Waals surface area contributed by atoms with Crippen LogP contribution < -0.4 is 9.44 Å². The van der Waals surface area contributed by atoms with Crippen LogP contribution in [0.3, 0.4) is 0 Å². The van der Waals surface area contributed by atoms with Gasteiger partial charge in [0.05, 0.1) is 35.5 Å². The summed E-state index contributed by atoms with van der Waals surface area (Å²) in [4.78, 5) is 0.0442. The summed E-state index contributed by atoms with van der Waals surface area (Å²) in [6.45, 7) is 1.44. The SMILES string of the molecule is CCS(=O)(=O)NCC[C@H]1CC[C@H](NS(=O)(=O)c2cccc(Cl)c2)[C@@H](CO)O1. The highest BCUT2D eigenvalue weighted by Gasteiger charge is 2.34. The van der Waals surface area contributed by atoms with E-state index in [2.05, 4.69) is 9.44 Å². The minimum atomic E-state index is -3.80. The highest BCUT2D eigenvalue weighted by atomic mass is 35.5. The van der Waals surface area contributed by atoms with Crippen LogP contribution in [0.5, 0.6) is 0 Å². The first-order chi connectivity index (χ1) is 12.7. The first kappa shape index (κ1) is 22.5. The second-order valence-electron chi connectivity index (χ2n) is 6.33.